The van der Waals surface area contributed by atoms with Gasteiger partial charge in [0.05, 0.1) is 24.5 Å². The maximum Gasteiger partial charge on any atom is 0.216 e. The molecule has 1 fully saturated rings. The van der Waals surface area contributed by atoms with E-state index in [4.69, 9.17) is 0 Å². The number of nitrogens with zero attached hydrogens (tertiary/aromatic N) is 7. The molecule has 0 aliphatic carbocycles. The molecule has 0 N–H and O–H groups in total. The van der Waals surface area contributed by atoms with Crippen LogP contribution in [0.4, 0.5) is 0 Å². The number of rotatable bonds is 6. The standard InChI is InChI=1S/C13H21N7O2S/c1-17(2)12-10-19(11-13(12)20-7-5-14-16-20)23(21,22)9-8-18-6-3-4-15-18/h3-7,12-13H,8-11H2,1-2H3/t12-,13+/m1/s1. The Hall–Kier alpha value is -1.78. The van der Waals surface area contributed by atoms with E-state index in [1.54, 1.807) is 44.5 Å². The van der Waals surface area contributed by atoms with E-state index in [0.717, 1.165) is 0 Å². The van der Waals surface area contributed by atoms with Gasteiger partial charge in [-0.3, -0.25) is 4.68 Å². The fourth-order valence-corrected chi connectivity index (χ4v) is 4.33. The largest absolute Gasteiger partial charge is 0.303 e. The molecule has 2 atom stereocenters. The van der Waals surface area contributed by atoms with Gasteiger partial charge in [-0.1, -0.05) is 5.21 Å². The number of aryl methyl sites for hydroxylation is 1. The van der Waals surface area contributed by atoms with Crippen molar-refractivity contribution < 1.29 is 8.42 Å². The van der Waals surface area contributed by atoms with E-state index in [0.29, 0.717) is 19.6 Å². The van der Waals surface area contributed by atoms with Crippen molar-refractivity contribution in [1.29, 1.82) is 0 Å². The van der Waals surface area contributed by atoms with Crippen LogP contribution < -0.4 is 0 Å². The lowest BCUT2D eigenvalue weighted by Gasteiger charge is -2.24. The molecule has 2 aromatic rings. The van der Waals surface area contributed by atoms with Gasteiger partial charge < -0.3 is 4.90 Å². The molecule has 0 bridgehead atoms. The first-order valence-corrected chi connectivity index (χ1v) is 9.06. The molecule has 0 saturated carbocycles. The van der Waals surface area contributed by atoms with Gasteiger partial charge in [-0.25, -0.2) is 13.1 Å². The molecule has 3 rings (SSSR count). The van der Waals surface area contributed by atoms with Crippen LogP contribution >= 0.6 is 0 Å². The second-order valence-electron chi connectivity index (χ2n) is 5.88. The van der Waals surface area contributed by atoms with Crippen LogP contribution in [-0.4, -0.2) is 81.4 Å². The smallest absolute Gasteiger partial charge is 0.216 e. The summed E-state index contributed by atoms with van der Waals surface area (Å²) in [7, 11) is 0.563. The summed E-state index contributed by atoms with van der Waals surface area (Å²) >= 11 is 0. The first kappa shape index (κ1) is 16.1. The zero-order valence-electron chi connectivity index (χ0n) is 13.2. The Balaban J connectivity index is 1.72. The summed E-state index contributed by atoms with van der Waals surface area (Å²) in [5.74, 6) is 0.0406. The average Bonchev–Trinajstić information content (AvgIpc) is 3.23. The summed E-state index contributed by atoms with van der Waals surface area (Å²) in [6.45, 7) is 1.22. The van der Waals surface area contributed by atoms with E-state index in [-0.39, 0.29) is 17.8 Å². The number of hydrogen-bond acceptors (Lipinski definition) is 6. The minimum absolute atomic E-state index is 0.0352. The van der Waals surface area contributed by atoms with Gasteiger partial charge >= 0.3 is 0 Å². The summed E-state index contributed by atoms with van der Waals surface area (Å²) < 4.78 is 30.2. The maximum absolute atomic E-state index is 12.6. The topological polar surface area (TPSA) is 89.2 Å². The van der Waals surface area contributed by atoms with E-state index >= 15 is 0 Å². The fourth-order valence-electron chi connectivity index (χ4n) is 2.89. The lowest BCUT2D eigenvalue weighted by molar-refractivity contribution is 0.242. The molecule has 2 aromatic heterocycles. The van der Waals surface area contributed by atoms with Crippen LogP contribution in [0.1, 0.15) is 6.04 Å². The fraction of sp³-hybridized carbons (Fsp3) is 0.615. The molecule has 0 spiro atoms. The Labute approximate surface area is 135 Å². The van der Waals surface area contributed by atoms with Gasteiger partial charge in [0, 0.05) is 37.7 Å². The van der Waals surface area contributed by atoms with Gasteiger partial charge in [0.2, 0.25) is 10.0 Å². The molecule has 1 saturated heterocycles. The van der Waals surface area contributed by atoms with Crippen molar-refractivity contribution in [1.82, 2.24) is 34.0 Å². The van der Waals surface area contributed by atoms with E-state index in [1.165, 1.54) is 0 Å². The third-order valence-corrected chi connectivity index (χ3v) is 5.98. The zero-order valence-corrected chi connectivity index (χ0v) is 14.0. The molecule has 0 aromatic carbocycles. The van der Waals surface area contributed by atoms with E-state index in [9.17, 15) is 8.42 Å². The Morgan fingerprint density at radius 3 is 2.65 bits per heavy atom. The van der Waals surface area contributed by atoms with Crippen LogP contribution in [0.15, 0.2) is 30.9 Å². The molecule has 23 heavy (non-hydrogen) atoms. The minimum atomic E-state index is -3.34. The van der Waals surface area contributed by atoms with Crippen LogP contribution in [0.25, 0.3) is 0 Å². The normalized spacial score (nSPS) is 22.9. The highest BCUT2D eigenvalue weighted by Crippen LogP contribution is 2.26. The number of likely N-dealkylation sites (N-methyl/N-ethyl adjacent to an activating group) is 1. The molecule has 0 amide bonds. The summed E-state index contributed by atoms with van der Waals surface area (Å²) in [6.07, 6.45) is 6.80. The van der Waals surface area contributed by atoms with Crippen LogP contribution in [-0.2, 0) is 16.6 Å². The van der Waals surface area contributed by atoms with E-state index in [2.05, 4.69) is 15.4 Å². The van der Waals surface area contributed by atoms with Gasteiger partial charge in [-0.15, -0.1) is 5.10 Å². The quantitative estimate of drug-likeness (QED) is 0.691. The van der Waals surface area contributed by atoms with Gasteiger partial charge in [0.25, 0.3) is 0 Å². The van der Waals surface area contributed by atoms with E-state index in [1.807, 2.05) is 19.0 Å². The van der Waals surface area contributed by atoms with Crippen molar-refractivity contribution in [2.75, 3.05) is 32.9 Å². The number of sulfonamides is 1. The summed E-state index contributed by atoms with van der Waals surface area (Å²) in [5.41, 5.74) is 0. The number of aromatic nitrogens is 5. The molecule has 1 aliphatic heterocycles. The van der Waals surface area contributed by atoms with Gasteiger partial charge in [0.1, 0.15) is 0 Å². The summed E-state index contributed by atoms with van der Waals surface area (Å²) in [6, 6.07) is 1.81. The lowest BCUT2D eigenvalue weighted by Crippen LogP contribution is -2.37. The van der Waals surface area contributed by atoms with Crippen molar-refractivity contribution >= 4 is 10.0 Å². The highest BCUT2D eigenvalue weighted by molar-refractivity contribution is 7.89. The molecule has 3 heterocycles. The lowest BCUT2D eigenvalue weighted by atomic mass is 10.1. The number of hydrogen-bond donors (Lipinski definition) is 0. The van der Waals surface area contributed by atoms with Crippen molar-refractivity contribution in [3.05, 3.63) is 30.9 Å². The predicted molar refractivity (Wildman–Crippen MR) is 84.1 cm³/mol. The minimum Gasteiger partial charge on any atom is -0.303 e. The van der Waals surface area contributed by atoms with Crippen molar-refractivity contribution in [3.63, 3.8) is 0 Å². The monoisotopic (exact) mass is 339 g/mol. The summed E-state index contributed by atoms with van der Waals surface area (Å²) in [4.78, 5) is 2.04. The van der Waals surface area contributed by atoms with Gasteiger partial charge in [-0.05, 0) is 20.2 Å². The Kier molecular flexibility index (Phi) is 4.46. The zero-order chi connectivity index (χ0) is 16.4. The van der Waals surface area contributed by atoms with Gasteiger partial charge in [-0.2, -0.15) is 9.40 Å². The Bertz CT molecular complexity index is 712. The van der Waals surface area contributed by atoms with Gasteiger partial charge in [0.15, 0.2) is 0 Å². The highest BCUT2D eigenvalue weighted by atomic mass is 32.2. The van der Waals surface area contributed by atoms with Crippen LogP contribution in [0.2, 0.25) is 0 Å². The summed E-state index contributed by atoms with van der Waals surface area (Å²) in [5, 5.41) is 11.9. The van der Waals surface area contributed by atoms with Crippen LogP contribution in [0.5, 0.6) is 0 Å². The predicted octanol–water partition coefficient (Wildman–Crippen LogP) is -0.708. The maximum atomic E-state index is 12.6. The Morgan fingerprint density at radius 1 is 1.22 bits per heavy atom. The molecular weight excluding hydrogens is 318 g/mol. The molecule has 9 nitrogen and oxygen atoms in total. The average molecular weight is 339 g/mol. The van der Waals surface area contributed by atoms with Crippen molar-refractivity contribution in [2.45, 2.75) is 18.6 Å². The first-order valence-electron chi connectivity index (χ1n) is 7.45. The van der Waals surface area contributed by atoms with Crippen molar-refractivity contribution in [2.24, 2.45) is 0 Å². The van der Waals surface area contributed by atoms with Crippen LogP contribution in [0, 0.1) is 0 Å². The molecular formula is C13H21N7O2S. The molecule has 0 radical (unpaired) electrons. The second-order valence-corrected chi connectivity index (χ2v) is 7.97. The first-order chi connectivity index (χ1) is 11.0. The molecule has 126 valence electrons. The third kappa shape index (κ3) is 3.43. The Morgan fingerprint density at radius 2 is 2.04 bits per heavy atom. The third-order valence-electron chi connectivity index (χ3n) is 4.20. The van der Waals surface area contributed by atoms with Crippen LogP contribution in [0.3, 0.4) is 0 Å². The SMILES string of the molecule is CN(C)[C@@H]1CN(S(=O)(=O)CCn2cccn2)C[C@@H]1n1ccnn1. The molecule has 10 heteroatoms. The van der Waals surface area contributed by atoms with E-state index < -0.39 is 10.0 Å². The molecule has 0 unspecified atom stereocenters. The second kappa shape index (κ2) is 6.38. The molecule has 1 aliphatic rings. The highest BCUT2D eigenvalue weighted by Gasteiger charge is 2.40. The van der Waals surface area contributed by atoms with Crippen molar-refractivity contribution in [3.8, 4) is 0 Å².